The molecule has 0 amide bonds. The molecular weight excluding hydrogens is 687 g/mol. The number of anilines is 3. The Morgan fingerprint density at radius 2 is 0.877 bits per heavy atom. The van der Waals surface area contributed by atoms with Crippen LogP contribution in [0.25, 0.3) is 65.7 Å². The summed E-state index contributed by atoms with van der Waals surface area (Å²) < 4.78 is 0. The summed E-state index contributed by atoms with van der Waals surface area (Å²) in [6.07, 6.45) is 2.42. The summed E-state index contributed by atoms with van der Waals surface area (Å²) in [7, 11) is 0. The van der Waals surface area contributed by atoms with Crippen molar-refractivity contribution in [1.29, 1.82) is 0 Å². The number of nitrogens with zero attached hydrogens (tertiary/aromatic N) is 1. The molecule has 0 unspecified atom stereocenters. The molecule has 9 aromatic carbocycles. The van der Waals surface area contributed by atoms with Gasteiger partial charge in [-0.1, -0.05) is 179 Å². The second-order valence-corrected chi connectivity index (χ2v) is 17.2. The van der Waals surface area contributed by atoms with E-state index < -0.39 is 0 Å². The average Bonchev–Trinajstić information content (AvgIpc) is 3.25. The first kappa shape index (κ1) is 35.0. The lowest BCUT2D eigenvalue weighted by atomic mass is 9.63. The molecular formula is C56H47N. The molecule has 0 bridgehead atoms. The molecule has 9 aromatic rings. The number of benzene rings is 9. The van der Waals surface area contributed by atoms with Crippen LogP contribution >= 0.6 is 0 Å². The van der Waals surface area contributed by atoms with E-state index >= 15 is 0 Å². The highest BCUT2D eigenvalue weighted by molar-refractivity contribution is 6.13. The standard InChI is InChI=1S/C56H47N/c1-55(2)34-35-56(3,4)53-37-41(28-33-52(53)55)38-24-29-43(30-25-38)57(54-23-12-11-21-50(54)48-22-13-16-39-14-5-7-17-45(39)48)44-31-26-40(27-32-44)51-36-42-15-6-8-18-46(42)47-19-9-10-20-49(47)51/h5-33,36-37H,34-35H2,1-4H3. The van der Waals surface area contributed by atoms with Crippen LogP contribution in [0.1, 0.15) is 51.7 Å². The quantitative estimate of drug-likeness (QED) is 0.154. The van der Waals surface area contributed by atoms with E-state index in [9.17, 15) is 0 Å². The second kappa shape index (κ2) is 13.6. The maximum atomic E-state index is 2.47. The van der Waals surface area contributed by atoms with Gasteiger partial charge in [-0.05, 0) is 131 Å². The number of fused-ring (bicyclic) bond motifs is 5. The fourth-order valence-corrected chi connectivity index (χ4v) is 9.44. The Morgan fingerprint density at radius 3 is 1.61 bits per heavy atom. The predicted molar refractivity (Wildman–Crippen MR) is 245 cm³/mol. The Bertz CT molecular complexity index is 2940. The molecule has 1 heteroatoms. The minimum atomic E-state index is 0.161. The summed E-state index contributed by atoms with van der Waals surface area (Å²) in [5.41, 5.74) is 14.1. The lowest BCUT2D eigenvalue weighted by Crippen LogP contribution is -2.33. The zero-order valence-corrected chi connectivity index (χ0v) is 33.3. The van der Waals surface area contributed by atoms with E-state index in [0.29, 0.717) is 0 Å². The van der Waals surface area contributed by atoms with E-state index in [1.54, 1.807) is 0 Å². The topological polar surface area (TPSA) is 3.24 Å². The van der Waals surface area contributed by atoms with E-state index in [0.717, 1.165) is 17.1 Å². The Balaban J connectivity index is 1.11. The van der Waals surface area contributed by atoms with E-state index in [4.69, 9.17) is 0 Å². The Hall–Kier alpha value is -6.44. The van der Waals surface area contributed by atoms with Crippen molar-refractivity contribution in [2.45, 2.75) is 51.4 Å². The lowest BCUT2D eigenvalue weighted by Gasteiger charge is -2.42. The van der Waals surface area contributed by atoms with Crippen molar-refractivity contribution < 1.29 is 0 Å². The minimum absolute atomic E-state index is 0.161. The predicted octanol–water partition coefficient (Wildman–Crippen LogP) is 16.0. The molecule has 1 aliphatic rings. The van der Waals surface area contributed by atoms with Gasteiger partial charge in [0.2, 0.25) is 0 Å². The summed E-state index contributed by atoms with van der Waals surface area (Å²) in [4.78, 5) is 2.43. The van der Waals surface area contributed by atoms with Crippen LogP contribution in [0.15, 0.2) is 188 Å². The maximum absolute atomic E-state index is 2.47. The van der Waals surface area contributed by atoms with Crippen LogP contribution in [0.4, 0.5) is 17.1 Å². The molecule has 0 atom stereocenters. The average molecular weight is 734 g/mol. The molecule has 0 saturated carbocycles. The van der Waals surface area contributed by atoms with Gasteiger partial charge in [-0.2, -0.15) is 0 Å². The molecule has 1 aliphatic carbocycles. The van der Waals surface area contributed by atoms with Crippen LogP contribution in [-0.2, 0) is 10.8 Å². The molecule has 0 radical (unpaired) electrons. The van der Waals surface area contributed by atoms with Crippen molar-refractivity contribution in [3.8, 4) is 33.4 Å². The lowest BCUT2D eigenvalue weighted by molar-refractivity contribution is 0.332. The van der Waals surface area contributed by atoms with E-state index in [1.807, 2.05) is 0 Å². The first-order chi connectivity index (χ1) is 27.7. The molecule has 0 spiro atoms. The van der Waals surface area contributed by atoms with Crippen molar-refractivity contribution in [1.82, 2.24) is 0 Å². The zero-order valence-electron chi connectivity index (χ0n) is 33.3. The van der Waals surface area contributed by atoms with Crippen molar-refractivity contribution in [3.05, 3.63) is 199 Å². The second-order valence-electron chi connectivity index (χ2n) is 17.2. The number of rotatable bonds is 6. The van der Waals surface area contributed by atoms with Crippen LogP contribution in [0.5, 0.6) is 0 Å². The molecule has 0 heterocycles. The fourth-order valence-electron chi connectivity index (χ4n) is 9.44. The van der Waals surface area contributed by atoms with Gasteiger partial charge in [0.15, 0.2) is 0 Å². The van der Waals surface area contributed by atoms with Gasteiger partial charge >= 0.3 is 0 Å². The highest BCUT2D eigenvalue weighted by atomic mass is 15.1. The van der Waals surface area contributed by atoms with Gasteiger partial charge in [0, 0.05) is 16.9 Å². The Labute approximate surface area is 336 Å². The highest BCUT2D eigenvalue weighted by Gasteiger charge is 2.37. The molecule has 0 aliphatic heterocycles. The molecule has 276 valence electrons. The van der Waals surface area contributed by atoms with Crippen LogP contribution in [-0.4, -0.2) is 0 Å². The fraction of sp³-hybridized carbons (Fsp3) is 0.143. The van der Waals surface area contributed by atoms with Crippen LogP contribution < -0.4 is 4.90 Å². The first-order valence-corrected chi connectivity index (χ1v) is 20.4. The normalized spacial score (nSPS) is 14.5. The summed E-state index contributed by atoms with van der Waals surface area (Å²) in [6, 6.07) is 69.7. The van der Waals surface area contributed by atoms with Crippen molar-refractivity contribution in [3.63, 3.8) is 0 Å². The SMILES string of the molecule is CC1(C)CCC(C)(C)c2cc(-c3ccc(N(c4ccc(-c5cc6ccccc6c6ccccc56)cc4)c4ccccc4-c4cccc5ccccc45)cc3)ccc21. The molecule has 57 heavy (non-hydrogen) atoms. The third kappa shape index (κ3) is 6.10. The largest absolute Gasteiger partial charge is 0.310 e. The number of hydrogen-bond donors (Lipinski definition) is 0. The van der Waals surface area contributed by atoms with E-state index in [1.165, 1.54) is 89.7 Å². The molecule has 10 rings (SSSR count). The van der Waals surface area contributed by atoms with Gasteiger partial charge in [0.05, 0.1) is 5.69 Å². The van der Waals surface area contributed by atoms with Gasteiger partial charge < -0.3 is 4.90 Å². The Morgan fingerprint density at radius 1 is 0.351 bits per heavy atom. The summed E-state index contributed by atoms with van der Waals surface area (Å²) in [5.74, 6) is 0. The third-order valence-electron chi connectivity index (χ3n) is 12.7. The summed E-state index contributed by atoms with van der Waals surface area (Å²) in [5, 5.41) is 7.59. The summed E-state index contributed by atoms with van der Waals surface area (Å²) >= 11 is 0. The first-order valence-electron chi connectivity index (χ1n) is 20.4. The van der Waals surface area contributed by atoms with Gasteiger partial charge in [0.25, 0.3) is 0 Å². The molecule has 0 N–H and O–H groups in total. The van der Waals surface area contributed by atoms with Crippen molar-refractivity contribution >= 4 is 49.4 Å². The number of para-hydroxylation sites is 1. The van der Waals surface area contributed by atoms with Crippen molar-refractivity contribution in [2.24, 2.45) is 0 Å². The van der Waals surface area contributed by atoms with Gasteiger partial charge in [0.1, 0.15) is 0 Å². The monoisotopic (exact) mass is 733 g/mol. The van der Waals surface area contributed by atoms with Gasteiger partial charge in [-0.15, -0.1) is 0 Å². The third-order valence-corrected chi connectivity index (χ3v) is 12.7. The van der Waals surface area contributed by atoms with Crippen LogP contribution in [0.2, 0.25) is 0 Å². The van der Waals surface area contributed by atoms with Crippen molar-refractivity contribution in [2.75, 3.05) is 4.90 Å². The molecule has 1 nitrogen and oxygen atoms in total. The van der Waals surface area contributed by atoms with Gasteiger partial charge in [-0.25, -0.2) is 0 Å². The van der Waals surface area contributed by atoms with Crippen LogP contribution in [0.3, 0.4) is 0 Å². The minimum Gasteiger partial charge on any atom is -0.310 e. The highest BCUT2D eigenvalue weighted by Crippen LogP contribution is 2.48. The molecule has 0 saturated heterocycles. The maximum Gasteiger partial charge on any atom is 0.0540 e. The van der Waals surface area contributed by atoms with Gasteiger partial charge in [-0.3, -0.25) is 0 Å². The van der Waals surface area contributed by atoms with E-state index in [-0.39, 0.29) is 10.8 Å². The smallest absolute Gasteiger partial charge is 0.0540 e. The van der Waals surface area contributed by atoms with Crippen LogP contribution in [0, 0.1) is 0 Å². The summed E-state index contributed by atoms with van der Waals surface area (Å²) in [6.45, 7) is 9.62. The number of hydrogen-bond acceptors (Lipinski definition) is 1. The molecule has 0 aromatic heterocycles. The molecule has 0 fully saturated rings. The Kier molecular flexibility index (Phi) is 8.38. The van der Waals surface area contributed by atoms with E-state index in [2.05, 4.69) is 221 Å². The zero-order chi connectivity index (χ0) is 38.7.